The van der Waals surface area contributed by atoms with E-state index in [9.17, 15) is 9.90 Å². The number of aryl methyl sites for hydroxylation is 1. The molecular formula is C26H31FN6O4. The number of nitrogens with zero attached hydrogens (tertiary/aromatic N) is 4. The third-order valence-corrected chi connectivity index (χ3v) is 6.13. The van der Waals surface area contributed by atoms with Crippen LogP contribution in [0.2, 0.25) is 0 Å². The average molecular weight is 511 g/mol. The lowest BCUT2D eigenvalue weighted by atomic mass is 10.0. The van der Waals surface area contributed by atoms with Crippen LogP contribution in [0.15, 0.2) is 36.8 Å². The Morgan fingerprint density at radius 1 is 1.24 bits per heavy atom. The maximum Gasteiger partial charge on any atom is 0.239 e. The molecule has 0 fully saturated rings. The number of nitrogens with two attached hydrogens (primary N) is 1. The van der Waals surface area contributed by atoms with Crippen molar-refractivity contribution >= 4 is 22.5 Å². The number of pyridine rings is 1. The molecule has 0 unspecified atom stereocenters. The SMILES string of the molecule is COc1ccc(Cn2cc3c(F)c(N[C@H](CC(C)C)C(N)=O)nc(-c4cnn(C)c4)c3c2O)c(OC)c1. The molecule has 4 aromatic rings. The number of nitrogens with one attached hydrogen (secondary N) is 1. The minimum atomic E-state index is -0.819. The molecule has 1 aromatic carbocycles. The topological polar surface area (TPSA) is 129 Å². The standard InChI is InChI=1S/C26H31FN6O4/c1-14(2)8-19(24(28)34)30-25-22(27)18-13-33(12-15-6-7-17(36-4)9-20(15)37-5)26(35)21(18)23(31-25)16-10-29-32(3)11-16/h6-7,9-11,13-14,19,30,35H,8,12H2,1-5H3,(H2,28,34)/t19-/m1/s1. The third kappa shape index (κ3) is 5.16. The quantitative estimate of drug-likeness (QED) is 0.297. The summed E-state index contributed by atoms with van der Waals surface area (Å²) < 4.78 is 29.7. The van der Waals surface area contributed by atoms with Crippen molar-refractivity contribution < 1.29 is 23.8 Å². The molecule has 196 valence electrons. The zero-order chi connectivity index (χ0) is 26.9. The van der Waals surface area contributed by atoms with Gasteiger partial charge in [0.1, 0.15) is 17.5 Å². The van der Waals surface area contributed by atoms with E-state index in [0.717, 1.165) is 5.56 Å². The highest BCUT2D eigenvalue weighted by atomic mass is 19.1. The van der Waals surface area contributed by atoms with Crippen LogP contribution in [0.5, 0.6) is 17.4 Å². The highest BCUT2D eigenvalue weighted by Gasteiger charge is 2.26. The first-order valence-corrected chi connectivity index (χ1v) is 11.8. The Bertz CT molecular complexity index is 1440. The molecule has 0 aliphatic rings. The number of primary amides is 1. The molecule has 0 radical (unpaired) electrons. The minimum absolute atomic E-state index is 0.130. The fourth-order valence-corrected chi connectivity index (χ4v) is 4.31. The van der Waals surface area contributed by atoms with E-state index >= 15 is 4.39 Å². The van der Waals surface area contributed by atoms with Gasteiger partial charge in [-0.1, -0.05) is 13.8 Å². The summed E-state index contributed by atoms with van der Waals surface area (Å²) in [5, 5.41) is 18.7. The number of aromatic nitrogens is 4. The zero-order valence-electron chi connectivity index (χ0n) is 21.4. The number of anilines is 1. The van der Waals surface area contributed by atoms with Crippen molar-refractivity contribution in [2.24, 2.45) is 18.7 Å². The summed E-state index contributed by atoms with van der Waals surface area (Å²) in [5.41, 5.74) is 7.22. The highest BCUT2D eigenvalue weighted by Crippen LogP contribution is 2.40. The maximum absolute atomic E-state index is 15.8. The van der Waals surface area contributed by atoms with Crippen LogP contribution in [-0.2, 0) is 18.4 Å². The van der Waals surface area contributed by atoms with E-state index in [1.807, 2.05) is 19.9 Å². The molecule has 10 nitrogen and oxygen atoms in total. The molecule has 0 bridgehead atoms. The molecule has 11 heteroatoms. The second kappa shape index (κ2) is 10.4. The molecule has 3 aromatic heterocycles. The normalized spacial score (nSPS) is 12.2. The molecule has 4 rings (SSSR count). The number of benzene rings is 1. The van der Waals surface area contributed by atoms with Gasteiger partial charge in [0.05, 0.1) is 38.0 Å². The molecule has 0 spiro atoms. The van der Waals surface area contributed by atoms with Crippen molar-refractivity contribution in [2.45, 2.75) is 32.9 Å². The first kappa shape index (κ1) is 25.8. The summed E-state index contributed by atoms with van der Waals surface area (Å²) in [6, 6.07) is 4.51. The van der Waals surface area contributed by atoms with E-state index in [0.29, 0.717) is 29.2 Å². The van der Waals surface area contributed by atoms with Crippen LogP contribution in [-0.4, -0.2) is 50.6 Å². The van der Waals surface area contributed by atoms with Crippen LogP contribution < -0.4 is 20.5 Å². The third-order valence-electron chi connectivity index (χ3n) is 6.13. The van der Waals surface area contributed by atoms with Gasteiger partial charge in [-0.2, -0.15) is 5.10 Å². The van der Waals surface area contributed by atoms with Crippen molar-refractivity contribution in [1.29, 1.82) is 0 Å². The summed E-state index contributed by atoms with van der Waals surface area (Å²) in [4.78, 5) is 16.6. The number of carbonyl (C=O) groups excluding carboxylic acids is 1. The van der Waals surface area contributed by atoms with E-state index in [4.69, 9.17) is 15.2 Å². The van der Waals surface area contributed by atoms with E-state index in [-0.39, 0.29) is 34.9 Å². The number of hydrogen-bond donors (Lipinski definition) is 3. The van der Waals surface area contributed by atoms with Crippen molar-refractivity contribution in [3.05, 3.63) is 48.2 Å². The van der Waals surface area contributed by atoms with E-state index in [1.54, 1.807) is 50.5 Å². The smallest absolute Gasteiger partial charge is 0.239 e. The minimum Gasteiger partial charge on any atom is -0.497 e. The number of ether oxygens (including phenoxy) is 2. The van der Waals surface area contributed by atoms with E-state index in [1.165, 1.54) is 10.8 Å². The van der Waals surface area contributed by atoms with Gasteiger partial charge in [0.15, 0.2) is 11.6 Å². The molecular weight excluding hydrogens is 479 g/mol. The second-order valence-electron chi connectivity index (χ2n) is 9.30. The molecule has 37 heavy (non-hydrogen) atoms. The van der Waals surface area contributed by atoms with Gasteiger partial charge < -0.3 is 30.2 Å². The van der Waals surface area contributed by atoms with Gasteiger partial charge in [0, 0.05) is 42.0 Å². The monoisotopic (exact) mass is 510 g/mol. The molecule has 1 amide bonds. The summed E-state index contributed by atoms with van der Waals surface area (Å²) in [6.07, 6.45) is 5.21. The van der Waals surface area contributed by atoms with Crippen molar-refractivity contribution in [3.63, 3.8) is 0 Å². The Labute approximate surface area is 213 Å². The summed E-state index contributed by atoms with van der Waals surface area (Å²) >= 11 is 0. The van der Waals surface area contributed by atoms with E-state index in [2.05, 4.69) is 15.4 Å². The first-order chi connectivity index (χ1) is 17.6. The predicted molar refractivity (Wildman–Crippen MR) is 138 cm³/mol. The number of amides is 1. The van der Waals surface area contributed by atoms with E-state index < -0.39 is 17.8 Å². The van der Waals surface area contributed by atoms with Crippen LogP contribution in [0.1, 0.15) is 25.8 Å². The number of aromatic hydroxyl groups is 1. The molecule has 3 heterocycles. The number of halogens is 1. The predicted octanol–water partition coefficient (Wildman–Crippen LogP) is 3.66. The molecule has 0 aliphatic carbocycles. The number of hydrogen-bond acceptors (Lipinski definition) is 7. The lowest BCUT2D eigenvalue weighted by Gasteiger charge is -2.19. The van der Waals surface area contributed by atoms with Gasteiger partial charge in [-0.15, -0.1) is 0 Å². The van der Waals surface area contributed by atoms with Gasteiger partial charge in [-0.05, 0) is 24.5 Å². The Balaban J connectivity index is 1.87. The summed E-state index contributed by atoms with van der Waals surface area (Å²) in [7, 11) is 4.85. The summed E-state index contributed by atoms with van der Waals surface area (Å²) in [5.74, 6) is -0.286. The number of rotatable bonds is 10. The number of methoxy groups -OCH3 is 2. The average Bonchev–Trinajstić information content (AvgIpc) is 3.43. The lowest BCUT2D eigenvalue weighted by Crippen LogP contribution is -2.37. The Hall–Kier alpha value is -4.28. The van der Waals surface area contributed by atoms with Crippen LogP contribution in [0.25, 0.3) is 22.0 Å². The van der Waals surface area contributed by atoms with Gasteiger partial charge >= 0.3 is 0 Å². The molecule has 0 saturated carbocycles. The molecule has 1 atom stereocenters. The van der Waals surface area contributed by atoms with Gasteiger partial charge in [-0.3, -0.25) is 9.48 Å². The van der Waals surface area contributed by atoms with Gasteiger partial charge in [-0.25, -0.2) is 9.37 Å². The molecule has 0 aliphatic heterocycles. The summed E-state index contributed by atoms with van der Waals surface area (Å²) in [6.45, 7) is 4.08. The zero-order valence-corrected chi connectivity index (χ0v) is 21.4. The van der Waals surface area contributed by atoms with Crippen molar-refractivity contribution in [1.82, 2.24) is 19.3 Å². The second-order valence-corrected chi connectivity index (χ2v) is 9.30. The lowest BCUT2D eigenvalue weighted by molar-refractivity contribution is -0.119. The maximum atomic E-state index is 15.8. The Kier molecular flexibility index (Phi) is 7.23. The number of fused-ring (bicyclic) bond motifs is 1. The fraction of sp³-hybridized carbons (Fsp3) is 0.346. The fourth-order valence-electron chi connectivity index (χ4n) is 4.31. The van der Waals surface area contributed by atoms with Gasteiger partial charge in [0.25, 0.3) is 0 Å². The van der Waals surface area contributed by atoms with Crippen molar-refractivity contribution in [2.75, 3.05) is 19.5 Å². The van der Waals surface area contributed by atoms with Crippen LogP contribution in [0.3, 0.4) is 0 Å². The Morgan fingerprint density at radius 3 is 2.59 bits per heavy atom. The van der Waals surface area contributed by atoms with Crippen molar-refractivity contribution in [3.8, 4) is 28.6 Å². The first-order valence-electron chi connectivity index (χ1n) is 11.8. The Morgan fingerprint density at radius 2 is 2.00 bits per heavy atom. The van der Waals surface area contributed by atoms with Crippen LogP contribution >= 0.6 is 0 Å². The molecule has 4 N–H and O–H groups in total. The highest BCUT2D eigenvalue weighted by molar-refractivity contribution is 6.01. The van der Waals surface area contributed by atoms with Crippen LogP contribution in [0, 0.1) is 11.7 Å². The molecule has 0 saturated heterocycles. The number of carbonyl (C=O) groups is 1. The largest absolute Gasteiger partial charge is 0.497 e. The van der Waals surface area contributed by atoms with Gasteiger partial charge in [0.2, 0.25) is 11.8 Å². The van der Waals surface area contributed by atoms with Crippen LogP contribution in [0.4, 0.5) is 10.2 Å².